The van der Waals surface area contributed by atoms with E-state index in [4.69, 9.17) is 4.74 Å². The highest BCUT2D eigenvalue weighted by Gasteiger charge is 2.19. The van der Waals surface area contributed by atoms with Crippen molar-refractivity contribution in [3.63, 3.8) is 0 Å². The van der Waals surface area contributed by atoms with E-state index in [9.17, 15) is 9.18 Å². The second-order valence-corrected chi connectivity index (χ2v) is 6.45. The first-order valence-corrected chi connectivity index (χ1v) is 9.13. The topological polar surface area (TPSA) is 41.6 Å². The van der Waals surface area contributed by atoms with Crippen LogP contribution in [0, 0.1) is 0 Å². The average Bonchev–Trinajstić information content (AvgIpc) is 3.08. The van der Waals surface area contributed by atoms with Crippen LogP contribution in [-0.4, -0.2) is 38.8 Å². The predicted molar refractivity (Wildman–Crippen MR) is 102 cm³/mol. The third-order valence-electron chi connectivity index (χ3n) is 4.60. The fraction of sp³-hybridized carbons (Fsp3) is 0.381. The van der Waals surface area contributed by atoms with E-state index in [-0.39, 0.29) is 0 Å². The fourth-order valence-electron chi connectivity index (χ4n) is 3.24. The Morgan fingerprint density at radius 1 is 1.19 bits per heavy atom. The van der Waals surface area contributed by atoms with Crippen molar-refractivity contribution in [2.45, 2.75) is 19.3 Å². The number of hydrogen-bond acceptors (Lipinski definition) is 3. The number of benzene rings is 2. The van der Waals surface area contributed by atoms with Gasteiger partial charge in [-0.3, -0.25) is 4.79 Å². The van der Waals surface area contributed by atoms with Gasteiger partial charge in [0.25, 0.3) is 5.91 Å². The Labute approximate surface area is 154 Å². The van der Waals surface area contributed by atoms with Crippen molar-refractivity contribution in [2.75, 3.05) is 37.8 Å². The highest BCUT2D eigenvalue weighted by molar-refractivity contribution is 5.77. The maximum absolute atomic E-state index is 12.2. The Hall–Kier alpha value is -2.56. The molecule has 0 saturated carbocycles. The van der Waals surface area contributed by atoms with E-state index in [1.807, 2.05) is 12.1 Å². The second-order valence-electron chi connectivity index (χ2n) is 6.45. The quantitative estimate of drug-likeness (QED) is 0.702. The standard InChI is InChI=1S/C21H25FN2O2/c22-16-21(25)23-11-13-24-12-10-18-8-9-19(15-20(18)24)26-14-4-7-17-5-2-1-3-6-17/h1-3,5-6,8-9,15H,4,7,10-14,16H2,(H,23,25). The maximum atomic E-state index is 12.2. The number of fused-ring (bicyclic) bond motifs is 1. The van der Waals surface area contributed by atoms with Crippen LogP contribution >= 0.6 is 0 Å². The van der Waals surface area contributed by atoms with E-state index in [1.54, 1.807) is 0 Å². The van der Waals surface area contributed by atoms with Gasteiger partial charge in [0.05, 0.1) is 6.61 Å². The summed E-state index contributed by atoms with van der Waals surface area (Å²) in [6, 6.07) is 16.6. The lowest BCUT2D eigenvalue weighted by atomic mass is 10.1. The molecule has 0 spiro atoms. The van der Waals surface area contributed by atoms with Crippen LogP contribution in [0.15, 0.2) is 48.5 Å². The summed E-state index contributed by atoms with van der Waals surface area (Å²) in [6.45, 7) is 1.76. The monoisotopic (exact) mass is 356 g/mol. The summed E-state index contributed by atoms with van der Waals surface area (Å²) >= 11 is 0. The Kier molecular flexibility index (Phi) is 6.47. The number of carbonyl (C=O) groups is 1. The molecule has 5 heteroatoms. The van der Waals surface area contributed by atoms with Crippen LogP contribution in [0.1, 0.15) is 17.5 Å². The molecule has 4 nitrogen and oxygen atoms in total. The van der Waals surface area contributed by atoms with Gasteiger partial charge < -0.3 is 15.0 Å². The molecule has 0 aliphatic carbocycles. The molecule has 2 aromatic carbocycles. The number of ether oxygens (including phenoxy) is 1. The Morgan fingerprint density at radius 3 is 2.85 bits per heavy atom. The Balaban J connectivity index is 1.48. The molecular weight excluding hydrogens is 331 g/mol. The molecule has 0 atom stereocenters. The first-order valence-electron chi connectivity index (χ1n) is 9.13. The van der Waals surface area contributed by atoms with Crippen molar-refractivity contribution < 1.29 is 13.9 Å². The molecule has 138 valence electrons. The number of nitrogens with zero attached hydrogens (tertiary/aromatic N) is 1. The van der Waals surface area contributed by atoms with Gasteiger partial charge in [-0.2, -0.15) is 0 Å². The van der Waals surface area contributed by atoms with Crippen LogP contribution < -0.4 is 15.0 Å². The molecule has 0 unspecified atom stereocenters. The van der Waals surface area contributed by atoms with E-state index in [2.05, 4.69) is 46.6 Å². The second kappa shape index (κ2) is 9.22. The lowest BCUT2D eigenvalue weighted by molar-refractivity contribution is -0.121. The molecule has 1 heterocycles. The Morgan fingerprint density at radius 2 is 2.04 bits per heavy atom. The average molecular weight is 356 g/mol. The van der Waals surface area contributed by atoms with E-state index in [0.717, 1.165) is 37.2 Å². The largest absolute Gasteiger partial charge is 0.494 e. The molecule has 1 amide bonds. The predicted octanol–water partition coefficient (Wildman–Crippen LogP) is 3.15. The van der Waals surface area contributed by atoms with Gasteiger partial charge in [-0.05, 0) is 36.5 Å². The molecule has 0 bridgehead atoms. The third-order valence-corrected chi connectivity index (χ3v) is 4.60. The Bertz CT molecular complexity index is 721. The minimum atomic E-state index is -0.961. The molecule has 3 rings (SSSR count). The van der Waals surface area contributed by atoms with Gasteiger partial charge in [-0.1, -0.05) is 36.4 Å². The summed E-state index contributed by atoms with van der Waals surface area (Å²) in [7, 11) is 0. The fourth-order valence-corrected chi connectivity index (χ4v) is 3.24. The smallest absolute Gasteiger partial charge is 0.251 e. The molecule has 0 fully saturated rings. The first kappa shape index (κ1) is 18.2. The molecule has 0 radical (unpaired) electrons. The number of hydrogen-bond donors (Lipinski definition) is 1. The van der Waals surface area contributed by atoms with Crippen molar-refractivity contribution in [2.24, 2.45) is 0 Å². The molecule has 1 aliphatic heterocycles. The van der Waals surface area contributed by atoms with Crippen molar-refractivity contribution in [3.05, 3.63) is 59.7 Å². The highest BCUT2D eigenvalue weighted by atomic mass is 19.1. The highest BCUT2D eigenvalue weighted by Crippen LogP contribution is 2.31. The van der Waals surface area contributed by atoms with Gasteiger partial charge in [-0.15, -0.1) is 0 Å². The number of nitrogens with one attached hydrogen (secondary N) is 1. The van der Waals surface area contributed by atoms with Crippen molar-refractivity contribution in [1.29, 1.82) is 0 Å². The SMILES string of the molecule is O=C(CF)NCCN1CCc2ccc(OCCCc3ccccc3)cc21. The zero-order valence-corrected chi connectivity index (χ0v) is 14.9. The summed E-state index contributed by atoms with van der Waals surface area (Å²) in [5.74, 6) is 0.316. The number of carbonyl (C=O) groups excluding carboxylic acids is 1. The van der Waals surface area contributed by atoms with E-state index >= 15 is 0 Å². The number of anilines is 1. The first-order chi connectivity index (χ1) is 12.8. The molecule has 2 aromatic rings. The van der Waals surface area contributed by atoms with Crippen molar-refractivity contribution in [1.82, 2.24) is 5.32 Å². The summed E-state index contributed by atoms with van der Waals surface area (Å²) in [4.78, 5) is 13.2. The number of amides is 1. The maximum Gasteiger partial charge on any atom is 0.251 e. The van der Waals surface area contributed by atoms with Crippen LogP contribution in [0.4, 0.5) is 10.1 Å². The van der Waals surface area contributed by atoms with Gasteiger partial charge in [0, 0.05) is 31.4 Å². The molecular formula is C21H25FN2O2. The van der Waals surface area contributed by atoms with Gasteiger partial charge >= 0.3 is 0 Å². The lowest BCUT2D eigenvalue weighted by Crippen LogP contribution is -2.34. The van der Waals surface area contributed by atoms with Gasteiger partial charge in [0.2, 0.25) is 0 Å². The van der Waals surface area contributed by atoms with Crippen LogP contribution in [-0.2, 0) is 17.6 Å². The van der Waals surface area contributed by atoms with Gasteiger partial charge in [0.15, 0.2) is 6.67 Å². The number of alkyl halides is 1. The number of rotatable bonds is 9. The molecule has 0 aromatic heterocycles. The van der Waals surface area contributed by atoms with Gasteiger partial charge in [0.1, 0.15) is 5.75 Å². The minimum absolute atomic E-state index is 0.449. The normalized spacial score (nSPS) is 12.7. The van der Waals surface area contributed by atoms with E-state index in [0.29, 0.717) is 19.7 Å². The molecule has 1 aliphatic rings. The summed E-state index contributed by atoms with van der Waals surface area (Å²) < 4.78 is 18.1. The van der Waals surface area contributed by atoms with Crippen LogP contribution in [0.25, 0.3) is 0 Å². The summed E-state index contributed by atoms with van der Waals surface area (Å²) in [5, 5.41) is 2.58. The lowest BCUT2D eigenvalue weighted by Gasteiger charge is -2.20. The van der Waals surface area contributed by atoms with E-state index < -0.39 is 12.6 Å². The third kappa shape index (κ3) is 4.97. The summed E-state index contributed by atoms with van der Waals surface area (Å²) in [5.41, 5.74) is 3.77. The minimum Gasteiger partial charge on any atom is -0.494 e. The van der Waals surface area contributed by atoms with Crippen LogP contribution in [0.5, 0.6) is 5.75 Å². The van der Waals surface area contributed by atoms with Crippen molar-refractivity contribution >= 4 is 11.6 Å². The zero-order valence-electron chi connectivity index (χ0n) is 14.9. The zero-order chi connectivity index (χ0) is 18.2. The molecule has 1 N–H and O–H groups in total. The van der Waals surface area contributed by atoms with E-state index in [1.165, 1.54) is 11.1 Å². The molecule has 0 saturated heterocycles. The molecule has 26 heavy (non-hydrogen) atoms. The van der Waals surface area contributed by atoms with Gasteiger partial charge in [-0.25, -0.2) is 4.39 Å². The summed E-state index contributed by atoms with van der Waals surface area (Å²) in [6.07, 6.45) is 2.97. The van der Waals surface area contributed by atoms with Crippen LogP contribution in [0.3, 0.4) is 0 Å². The number of halogens is 1. The van der Waals surface area contributed by atoms with Crippen molar-refractivity contribution in [3.8, 4) is 5.75 Å². The van der Waals surface area contributed by atoms with Crippen LogP contribution in [0.2, 0.25) is 0 Å². The number of aryl methyl sites for hydroxylation is 1.